The molecular weight excluding hydrogens is 222 g/mol. The molecule has 0 amide bonds. The third-order valence-electron chi connectivity index (χ3n) is 3.04. The van der Waals surface area contributed by atoms with E-state index in [9.17, 15) is 0 Å². The third kappa shape index (κ3) is 1.84. The van der Waals surface area contributed by atoms with Gasteiger partial charge in [0.05, 0.1) is 0 Å². The molecule has 0 bridgehead atoms. The van der Waals surface area contributed by atoms with Crippen LogP contribution in [0.1, 0.15) is 12.5 Å². The summed E-state index contributed by atoms with van der Waals surface area (Å²) in [6.07, 6.45) is 6.96. The zero-order valence-electron chi connectivity index (χ0n) is 10.3. The summed E-state index contributed by atoms with van der Waals surface area (Å²) in [7, 11) is 0. The van der Waals surface area contributed by atoms with Gasteiger partial charge in [0, 0.05) is 24.3 Å². The molecule has 0 atom stereocenters. The van der Waals surface area contributed by atoms with E-state index < -0.39 is 0 Å². The SMILES string of the molecule is CCc1cc(-n2cccn2)n(-c2ccccc2)c1. The van der Waals surface area contributed by atoms with Crippen LogP contribution in [0.25, 0.3) is 11.5 Å². The highest BCUT2D eigenvalue weighted by molar-refractivity contribution is 5.43. The summed E-state index contributed by atoms with van der Waals surface area (Å²) >= 11 is 0. The summed E-state index contributed by atoms with van der Waals surface area (Å²) in [6, 6.07) is 14.5. The van der Waals surface area contributed by atoms with Gasteiger partial charge in [-0.3, -0.25) is 0 Å². The molecule has 3 aromatic rings. The van der Waals surface area contributed by atoms with E-state index in [1.807, 2.05) is 35.1 Å². The molecule has 18 heavy (non-hydrogen) atoms. The monoisotopic (exact) mass is 237 g/mol. The van der Waals surface area contributed by atoms with Crippen LogP contribution in [0.5, 0.6) is 0 Å². The van der Waals surface area contributed by atoms with Crippen LogP contribution in [0.4, 0.5) is 0 Å². The van der Waals surface area contributed by atoms with Gasteiger partial charge in [-0.15, -0.1) is 0 Å². The van der Waals surface area contributed by atoms with Crippen LogP contribution in [0.2, 0.25) is 0 Å². The first-order valence-electron chi connectivity index (χ1n) is 6.15. The van der Waals surface area contributed by atoms with Crippen LogP contribution in [0.15, 0.2) is 61.1 Å². The van der Waals surface area contributed by atoms with Gasteiger partial charge in [0.1, 0.15) is 5.82 Å². The van der Waals surface area contributed by atoms with Crippen molar-refractivity contribution in [3.05, 3.63) is 66.6 Å². The number of benzene rings is 1. The number of aryl methyl sites for hydroxylation is 1. The maximum Gasteiger partial charge on any atom is 0.138 e. The van der Waals surface area contributed by atoms with Crippen LogP contribution in [0, 0.1) is 0 Å². The van der Waals surface area contributed by atoms with E-state index in [4.69, 9.17) is 0 Å². The molecule has 2 aromatic heterocycles. The Morgan fingerprint density at radius 3 is 2.61 bits per heavy atom. The van der Waals surface area contributed by atoms with Crippen molar-refractivity contribution < 1.29 is 0 Å². The normalized spacial score (nSPS) is 10.7. The average Bonchev–Trinajstić information content (AvgIpc) is 3.08. The van der Waals surface area contributed by atoms with Crippen LogP contribution >= 0.6 is 0 Å². The van der Waals surface area contributed by atoms with Gasteiger partial charge >= 0.3 is 0 Å². The molecule has 0 fully saturated rings. The van der Waals surface area contributed by atoms with E-state index in [-0.39, 0.29) is 0 Å². The number of para-hydroxylation sites is 1. The Morgan fingerprint density at radius 1 is 1.11 bits per heavy atom. The summed E-state index contributed by atoms with van der Waals surface area (Å²) in [5.74, 6) is 1.07. The van der Waals surface area contributed by atoms with Gasteiger partial charge < -0.3 is 4.57 Å². The molecule has 0 aliphatic rings. The minimum atomic E-state index is 1.02. The smallest absolute Gasteiger partial charge is 0.138 e. The maximum absolute atomic E-state index is 4.32. The van der Waals surface area contributed by atoms with Crippen molar-refractivity contribution in [2.45, 2.75) is 13.3 Å². The van der Waals surface area contributed by atoms with Gasteiger partial charge in [-0.05, 0) is 36.2 Å². The molecule has 2 heterocycles. The lowest BCUT2D eigenvalue weighted by molar-refractivity contribution is 0.817. The summed E-state index contributed by atoms with van der Waals surface area (Å²) in [6.45, 7) is 2.16. The van der Waals surface area contributed by atoms with Gasteiger partial charge in [0.25, 0.3) is 0 Å². The van der Waals surface area contributed by atoms with Crippen molar-refractivity contribution in [3.8, 4) is 11.5 Å². The van der Waals surface area contributed by atoms with Crippen molar-refractivity contribution >= 4 is 0 Å². The number of rotatable bonds is 3. The van der Waals surface area contributed by atoms with E-state index in [0.717, 1.165) is 17.9 Å². The Hall–Kier alpha value is -2.29. The van der Waals surface area contributed by atoms with Crippen LogP contribution < -0.4 is 0 Å². The van der Waals surface area contributed by atoms with E-state index in [1.54, 1.807) is 6.20 Å². The number of hydrogen-bond donors (Lipinski definition) is 0. The van der Waals surface area contributed by atoms with Gasteiger partial charge in [-0.2, -0.15) is 5.10 Å². The Morgan fingerprint density at radius 2 is 1.94 bits per heavy atom. The van der Waals surface area contributed by atoms with Gasteiger partial charge in [0.15, 0.2) is 0 Å². The molecule has 3 rings (SSSR count). The summed E-state index contributed by atoms with van der Waals surface area (Å²) in [4.78, 5) is 0. The number of aromatic nitrogens is 3. The molecular formula is C15H15N3. The molecule has 0 saturated heterocycles. The molecule has 3 nitrogen and oxygen atoms in total. The molecule has 0 saturated carbocycles. The largest absolute Gasteiger partial charge is 0.302 e. The van der Waals surface area contributed by atoms with Crippen LogP contribution in [-0.4, -0.2) is 14.3 Å². The quantitative estimate of drug-likeness (QED) is 0.685. The molecule has 0 N–H and O–H groups in total. The summed E-state index contributed by atoms with van der Waals surface area (Å²) in [5.41, 5.74) is 2.46. The minimum Gasteiger partial charge on any atom is -0.302 e. The van der Waals surface area contributed by atoms with Crippen molar-refractivity contribution in [3.63, 3.8) is 0 Å². The van der Waals surface area contributed by atoms with Crippen LogP contribution in [-0.2, 0) is 6.42 Å². The van der Waals surface area contributed by atoms with E-state index in [0.29, 0.717) is 0 Å². The Labute approximate surface area is 106 Å². The molecule has 0 radical (unpaired) electrons. The topological polar surface area (TPSA) is 22.8 Å². The van der Waals surface area contributed by atoms with E-state index >= 15 is 0 Å². The van der Waals surface area contributed by atoms with Crippen molar-refractivity contribution in [1.29, 1.82) is 0 Å². The molecule has 0 unspecified atom stereocenters. The predicted octanol–water partition coefficient (Wildman–Crippen LogP) is 3.23. The van der Waals surface area contributed by atoms with Gasteiger partial charge in [-0.25, -0.2) is 4.68 Å². The predicted molar refractivity (Wildman–Crippen MR) is 72.3 cm³/mol. The highest BCUT2D eigenvalue weighted by Crippen LogP contribution is 2.19. The second-order valence-corrected chi connectivity index (χ2v) is 4.22. The van der Waals surface area contributed by atoms with Crippen molar-refractivity contribution in [1.82, 2.24) is 14.3 Å². The average molecular weight is 237 g/mol. The lowest BCUT2D eigenvalue weighted by Crippen LogP contribution is -2.02. The Kier molecular flexibility index (Phi) is 2.73. The maximum atomic E-state index is 4.32. The second-order valence-electron chi connectivity index (χ2n) is 4.22. The van der Waals surface area contributed by atoms with Crippen molar-refractivity contribution in [2.75, 3.05) is 0 Å². The minimum absolute atomic E-state index is 1.02. The zero-order valence-corrected chi connectivity index (χ0v) is 10.3. The summed E-state index contributed by atoms with van der Waals surface area (Å²) < 4.78 is 4.07. The lowest BCUT2D eigenvalue weighted by atomic mass is 10.3. The van der Waals surface area contributed by atoms with Gasteiger partial charge in [-0.1, -0.05) is 25.1 Å². The molecule has 0 aliphatic carbocycles. The Bertz CT molecular complexity index is 621. The highest BCUT2D eigenvalue weighted by Gasteiger charge is 2.08. The first-order chi connectivity index (χ1) is 8.88. The standard InChI is InChI=1S/C15H15N3/c1-2-13-11-15(18-10-6-9-16-18)17(12-13)14-7-4-3-5-8-14/h3-12H,2H2,1H3. The first-order valence-corrected chi connectivity index (χ1v) is 6.15. The third-order valence-corrected chi connectivity index (χ3v) is 3.04. The van der Waals surface area contributed by atoms with E-state index in [1.165, 1.54) is 5.56 Å². The fourth-order valence-corrected chi connectivity index (χ4v) is 2.07. The molecule has 3 heteroatoms. The fraction of sp³-hybridized carbons (Fsp3) is 0.133. The number of hydrogen-bond acceptors (Lipinski definition) is 1. The Balaban J connectivity index is 2.17. The number of nitrogens with zero attached hydrogens (tertiary/aromatic N) is 3. The lowest BCUT2D eigenvalue weighted by Gasteiger charge is -2.08. The first kappa shape index (κ1) is 10.8. The molecule has 1 aromatic carbocycles. The fourth-order valence-electron chi connectivity index (χ4n) is 2.07. The second kappa shape index (κ2) is 4.53. The van der Waals surface area contributed by atoms with Crippen LogP contribution in [0.3, 0.4) is 0 Å². The zero-order chi connectivity index (χ0) is 12.4. The van der Waals surface area contributed by atoms with E-state index in [2.05, 4.69) is 41.0 Å². The highest BCUT2D eigenvalue weighted by atomic mass is 15.3. The molecule has 0 aliphatic heterocycles. The summed E-state index contributed by atoms with van der Waals surface area (Å²) in [5, 5.41) is 4.32. The molecule has 0 spiro atoms. The van der Waals surface area contributed by atoms with Crippen molar-refractivity contribution in [2.24, 2.45) is 0 Å². The van der Waals surface area contributed by atoms with Gasteiger partial charge in [0.2, 0.25) is 0 Å². The molecule has 90 valence electrons.